The van der Waals surface area contributed by atoms with Crippen LogP contribution < -0.4 is 19.5 Å². The number of allylic oxidation sites excluding steroid dienone is 3. The van der Waals surface area contributed by atoms with Gasteiger partial charge >= 0.3 is 5.97 Å². The van der Waals surface area contributed by atoms with Crippen LogP contribution in [-0.4, -0.2) is 32.3 Å². The molecule has 8 heteroatoms. The third kappa shape index (κ3) is 4.24. The lowest BCUT2D eigenvalue weighted by Gasteiger charge is -2.37. The van der Waals surface area contributed by atoms with E-state index in [2.05, 4.69) is 11.9 Å². The van der Waals surface area contributed by atoms with Crippen molar-refractivity contribution in [1.29, 1.82) is 0 Å². The number of Topliss-reactive ketones (excluding diaryl/α,β-unsaturated/α-hetero) is 1. The molecule has 2 aliphatic heterocycles. The lowest BCUT2D eigenvalue weighted by molar-refractivity contribution is -0.138. The molecular weight excluding hydrogens is 482 g/mol. The lowest BCUT2D eigenvalue weighted by atomic mass is 9.71. The Hall–Kier alpha value is -3.71. The predicted molar refractivity (Wildman–Crippen MR) is 134 cm³/mol. The molecular formula is C28H26ClNO6. The van der Waals surface area contributed by atoms with Crippen molar-refractivity contribution in [2.75, 3.05) is 20.5 Å². The van der Waals surface area contributed by atoms with Gasteiger partial charge in [-0.05, 0) is 48.6 Å². The highest BCUT2D eigenvalue weighted by Crippen LogP contribution is 2.49. The summed E-state index contributed by atoms with van der Waals surface area (Å²) in [6, 6.07) is 11.2. The molecule has 0 saturated carbocycles. The second kappa shape index (κ2) is 9.74. The normalized spacial score (nSPS) is 20.6. The van der Waals surface area contributed by atoms with Gasteiger partial charge in [0.1, 0.15) is 12.4 Å². The number of ketones is 1. The molecule has 0 spiro atoms. The molecule has 0 fully saturated rings. The molecule has 2 heterocycles. The van der Waals surface area contributed by atoms with Crippen LogP contribution in [0.25, 0.3) is 0 Å². The van der Waals surface area contributed by atoms with E-state index >= 15 is 0 Å². The fourth-order valence-corrected chi connectivity index (χ4v) is 5.36. The van der Waals surface area contributed by atoms with Crippen LogP contribution in [0.5, 0.6) is 17.2 Å². The van der Waals surface area contributed by atoms with Crippen LogP contribution in [0.2, 0.25) is 5.02 Å². The van der Waals surface area contributed by atoms with Crippen molar-refractivity contribution in [2.45, 2.75) is 31.6 Å². The number of benzene rings is 2. The Morgan fingerprint density at radius 3 is 2.61 bits per heavy atom. The molecule has 7 nitrogen and oxygen atoms in total. The molecule has 0 unspecified atom stereocenters. The summed E-state index contributed by atoms with van der Waals surface area (Å²) in [6.45, 7) is 5.57. The average Bonchev–Trinajstić information content (AvgIpc) is 3.33. The largest absolute Gasteiger partial charge is 0.497 e. The van der Waals surface area contributed by atoms with Crippen molar-refractivity contribution in [2.24, 2.45) is 0 Å². The third-order valence-corrected chi connectivity index (χ3v) is 7.10. The van der Waals surface area contributed by atoms with Crippen LogP contribution in [0.3, 0.4) is 0 Å². The fraction of sp³-hybridized carbons (Fsp3) is 0.286. The number of hydrogen-bond acceptors (Lipinski definition) is 7. The number of halogens is 1. The third-order valence-electron chi connectivity index (χ3n) is 6.77. The Morgan fingerprint density at radius 2 is 1.92 bits per heavy atom. The summed E-state index contributed by atoms with van der Waals surface area (Å²) in [7, 11) is 1.62. The van der Waals surface area contributed by atoms with Crippen LogP contribution in [0.15, 0.2) is 71.6 Å². The van der Waals surface area contributed by atoms with E-state index in [1.807, 2.05) is 31.2 Å². The Morgan fingerprint density at radius 1 is 1.19 bits per heavy atom. The highest BCUT2D eigenvalue weighted by molar-refractivity contribution is 6.32. The Bertz CT molecular complexity index is 1310. The number of hydrogen-bond donors (Lipinski definition) is 1. The molecule has 2 atom stereocenters. The molecule has 36 heavy (non-hydrogen) atoms. The molecule has 5 rings (SSSR count). The van der Waals surface area contributed by atoms with Crippen molar-refractivity contribution < 1.29 is 28.5 Å². The van der Waals surface area contributed by atoms with Crippen molar-refractivity contribution in [3.05, 3.63) is 87.7 Å². The van der Waals surface area contributed by atoms with Gasteiger partial charge < -0.3 is 24.3 Å². The minimum absolute atomic E-state index is 0.00963. The number of rotatable bonds is 6. The highest BCUT2D eigenvalue weighted by Gasteiger charge is 2.42. The zero-order valence-electron chi connectivity index (χ0n) is 20.1. The standard InChI is InChI=1S/C28H26ClNO6/c1-4-9-34-28(32)25-15(2)30-21-10-17(16-5-7-18(33-3)8-6-16)11-22(31)27(21)26(25)19-12-23-24(13-20(19)29)36-14-35-23/h4-8,12-13,17,26,30H,1,9-11,14H2,2-3H3/t17-,26-/m1/s1. The number of nitrogens with one attached hydrogen (secondary N) is 1. The van der Waals surface area contributed by atoms with Crippen molar-refractivity contribution in [1.82, 2.24) is 5.32 Å². The van der Waals surface area contributed by atoms with E-state index in [4.69, 9.17) is 30.5 Å². The quantitative estimate of drug-likeness (QED) is 0.426. The summed E-state index contributed by atoms with van der Waals surface area (Å²) in [6.07, 6.45) is 2.42. The van der Waals surface area contributed by atoms with Gasteiger partial charge in [0, 0.05) is 40.4 Å². The van der Waals surface area contributed by atoms with Gasteiger partial charge in [-0.3, -0.25) is 4.79 Å². The Labute approximate surface area is 214 Å². The zero-order chi connectivity index (χ0) is 25.4. The summed E-state index contributed by atoms with van der Waals surface area (Å²) in [5, 5.41) is 3.72. The van der Waals surface area contributed by atoms with Crippen LogP contribution >= 0.6 is 11.6 Å². The topological polar surface area (TPSA) is 83.1 Å². The second-order valence-corrected chi connectivity index (χ2v) is 9.31. The van der Waals surface area contributed by atoms with Gasteiger partial charge in [-0.25, -0.2) is 4.79 Å². The van der Waals surface area contributed by atoms with E-state index in [-0.39, 0.29) is 25.1 Å². The van der Waals surface area contributed by atoms with Gasteiger partial charge in [0.2, 0.25) is 6.79 Å². The van der Waals surface area contributed by atoms with Gasteiger partial charge in [-0.15, -0.1) is 0 Å². The molecule has 0 saturated heterocycles. The van der Waals surface area contributed by atoms with E-state index in [0.29, 0.717) is 51.8 Å². The Kier molecular flexibility index (Phi) is 6.49. The van der Waals surface area contributed by atoms with Gasteiger partial charge in [-0.1, -0.05) is 36.4 Å². The van der Waals surface area contributed by atoms with E-state index in [0.717, 1.165) is 17.0 Å². The number of carbonyl (C=O) groups is 2. The maximum absolute atomic E-state index is 13.7. The number of carbonyl (C=O) groups excluding carboxylic acids is 2. The van der Waals surface area contributed by atoms with E-state index in [1.54, 1.807) is 19.2 Å². The summed E-state index contributed by atoms with van der Waals surface area (Å²) in [4.78, 5) is 27.0. The molecule has 186 valence electrons. The first-order valence-electron chi connectivity index (χ1n) is 11.7. The molecule has 0 radical (unpaired) electrons. The fourth-order valence-electron chi connectivity index (χ4n) is 5.10. The maximum Gasteiger partial charge on any atom is 0.337 e. The molecule has 0 bridgehead atoms. The first kappa shape index (κ1) is 24.0. The highest BCUT2D eigenvalue weighted by atomic mass is 35.5. The minimum atomic E-state index is -0.704. The zero-order valence-corrected chi connectivity index (χ0v) is 20.8. The van der Waals surface area contributed by atoms with E-state index in [9.17, 15) is 9.59 Å². The smallest absolute Gasteiger partial charge is 0.337 e. The molecule has 0 aromatic heterocycles. The number of ether oxygens (including phenoxy) is 4. The first-order valence-corrected chi connectivity index (χ1v) is 12.0. The van der Waals surface area contributed by atoms with Gasteiger partial charge in [0.15, 0.2) is 17.3 Å². The van der Waals surface area contributed by atoms with Crippen molar-refractivity contribution >= 4 is 23.4 Å². The average molecular weight is 508 g/mol. The van der Waals surface area contributed by atoms with Crippen LogP contribution in [0.4, 0.5) is 0 Å². The molecule has 1 aliphatic carbocycles. The number of methoxy groups -OCH3 is 1. The number of esters is 1. The van der Waals surface area contributed by atoms with Crippen LogP contribution in [0.1, 0.15) is 42.7 Å². The van der Waals surface area contributed by atoms with E-state index < -0.39 is 11.9 Å². The molecule has 2 aromatic rings. The van der Waals surface area contributed by atoms with E-state index in [1.165, 1.54) is 6.08 Å². The first-order chi connectivity index (χ1) is 17.4. The SMILES string of the molecule is C=CCOC(=O)C1=C(C)NC2=C(C(=O)C[C@H](c3ccc(OC)cc3)C2)[C@@H]1c1cc2c(cc1Cl)OCO2. The van der Waals surface area contributed by atoms with Crippen LogP contribution in [-0.2, 0) is 14.3 Å². The minimum Gasteiger partial charge on any atom is -0.497 e. The van der Waals surface area contributed by atoms with Crippen molar-refractivity contribution in [3.63, 3.8) is 0 Å². The lowest BCUT2D eigenvalue weighted by Crippen LogP contribution is -2.36. The predicted octanol–water partition coefficient (Wildman–Crippen LogP) is 5.17. The number of dihydropyridines is 1. The summed E-state index contributed by atoms with van der Waals surface area (Å²) >= 11 is 6.70. The van der Waals surface area contributed by atoms with Crippen molar-refractivity contribution in [3.8, 4) is 17.2 Å². The van der Waals surface area contributed by atoms with Gasteiger partial charge in [-0.2, -0.15) is 0 Å². The maximum atomic E-state index is 13.7. The van der Waals surface area contributed by atoms with Gasteiger partial charge in [0.05, 0.1) is 12.7 Å². The van der Waals surface area contributed by atoms with Crippen LogP contribution in [0, 0.1) is 0 Å². The molecule has 1 N–H and O–H groups in total. The molecule has 3 aliphatic rings. The molecule has 2 aromatic carbocycles. The monoisotopic (exact) mass is 507 g/mol. The Balaban J connectivity index is 1.59. The number of fused-ring (bicyclic) bond motifs is 1. The molecule has 0 amide bonds. The second-order valence-electron chi connectivity index (χ2n) is 8.90. The summed E-state index contributed by atoms with van der Waals surface area (Å²) < 4.78 is 21.7. The summed E-state index contributed by atoms with van der Waals surface area (Å²) in [5.41, 5.74) is 3.90. The van der Waals surface area contributed by atoms with Gasteiger partial charge in [0.25, 0.3) is 0 Å². The summed E-state index contributed by atoms with van der Waals surface area (Å²) in [5.74, 6) is 0.508.